The lowest BCUT2D eigenvalue weighted by molar-refractivity contribution is -1.02. The summed E-state index contributed by atoms with van der Waals surface area (Å²) in [6.45, 7) is 7.74. The number of hydrogen-bond donors (Lipinski definition) is 2. The van der Waals surface area contributed by atoms with Gasteiger partial charge in [-0.25, -0.2) is 0 Å². The van der Waals surface area contributed by atoms with E-state index in [-0.39, 0.29) is 0 Å². The number of benzene rings is 2. The number of para-hydroxylation sites is 1. The van der Waals surface area contributed by atoms with E-state index < -0.39 is 0 Å². The Bertz CT molecular complexity index is 810. The molecule has 3 nitrogen and oxygen atoms in total. The lowest BCUT2D eigenvalue weighted by Gasteiger charge is -2.32. The summed E-state index contributed by atoms with van der Waals surface area (Å²) >= 11 is 0. The molecule has 1 heterocycles. The summed E-state index contributed by atoms with van der Waals surface area (Å²) in [5.41, 5.74) is 1.38. The van der Waals surface area contributed by atoms with Crippen LogP contribution in [0.2, 0.25) is 0 Å². The first-order chi connectivity index (χ1) is 13.8. The molecule has 2 aromatic rings. The fourth-order valence-electron chi connectivity index (χ4n) is 5.47. The van der Waals surface area contributed by atoms with Gasteiger partial charge in [-0.05, 0) is 48.9 Å². The van der Waals surface area contributed by atoms with E-state index in [1.54, 1.807) is 4.90 Å². The first-order valence-electron chi connectivity index (χ1n) is 11.0. The van der Waals surface area contributed by atoms with Crippen LogP contribution in [0.4, 0.5) is 0 Å². The highest BCUT2D eigenvalue weighted by molar-refractivity contribution is 5.33. The van der Waals surface area contributed by atoms with Gasteiger partial charge in [0.1, 0.15) is 44.2 Å². The van der Waals surface area contributed by atoms with E-state index in [2.05, 4.69) is 36.4 Å². The molecule has 0 unspecified atom stereocenters. The predicted molar refractivity (Wildman–Crippen MR) is 112 cm³/mol. The summed E-state index contributed by atoms with van der Waals surface area (Å²) in [6, 6.07) is 18.7. The lowest BCUT2D eigenvalue weighted by Crippen LogP contribution is -3.27. The third-order valence-corrected chi connectivity index (χ3v) is 6.96. The van der Waals surface area contributed by atoms with Gasteiger partial charge in [0.25, 0.3) is 0 Å². The fraction of sp³-hybridized carbons (Fsp3) is 0.440. The Hall–Kier alpha value is -2.10. The van der Waals surface area contributed by atoms with Gasteiger partial charge in [0.2, 0.25) is 0 Å². The largest absolute Gasteiger partial charge is 0.457 e. The Morgan fingerprint density at radius 1 is 0.786 bits per heavy atom. The van der Waals surface area contributed by atoms with Crippen molar-refractivity contribution in [2.24, 2.45) is 17.8 Å². The second-order valence-electron chi connectivity index (χ2n) is 8.98. The topological polar surface area (TPSA) is 18.1 Å². The molecule has 3 aliphatic rings. The molecule has 0 amide bonds. The Morgan fingerprint density at radius 3 is 2.32 bits per heavy atom. The Morgan fingerprint density at radius 2 is 1.57 bits per heavy atom. The first-order valence-corrected chi connectivity index (χ1v) is 11.0. The van der Waals surface area contributed by atoms with E-state index in [1.807, 2.05) is 35.2 Å². The molecule has 3 atom stereocenters. The number of piperazine rings is 1. The Labute approximate surface area is 168 Å². The molecule has 2 aromatic carbocycles. The molecule has 1 saturated carbocycles. The minimum Gasteiger partial charge on any atom is -0.457 e. The van der Waals surface area contributed by atoms with Crippen molar-refractivity contribution in [3.8, 4) is 11.5 Å². The second-order valence-corrected chi connectivity index (χ2v) is 8.98. The predicted octanol–water partition coefficient (Wildman–Crippen LogP) is 1.97. The molecule has 3 heteroatoms. The summed E-state index contributed by atoms with van der Waals surface area (Å²) < 4.78 is 6.00. The van der Waals surface area contributed by atoms with Gasteiger partial charge >= 0.3 is 0 Å². The zero-order chi connectivity index (χ0) is 18.8. The maximum atomic E-state index is 6.00. The van der Waals surface area contributed by atoms with Gasteiger partial charge in [0, 0.05) is 11.5 Å². The Kier molecular flexibility index (Phi) is 5.20. The van der Waals surface area contributed by atoms with Crippen LogP contribution in [-0.4, -0.2) is 32.7 Å². The van der Waals surface area contributed by atoms with Crippen LogP contribution >= 0.6 is 0 Å². The van der Waals surface area contributed by atoms with Gasteiger partial charge in [-0.3, -0.25) is 0 Å². The third-order valence-electron chi connectivity index (χ3n) is 6.96. The van der Waals surface area contributed by atoms with E-state index >= 15 is 0 Å². The fourth-order valence-corrected chi connectivity index (χ4v) is 5.47. The molecule has 1 aliphatic heterocycles. The Balaban J connectivity index is 1.12. The number of hydrogen-bond acceptors (Lipinski definition) is 1. The number of fused-ring (bicyclic) bond motifs is 2. The molecule has 0 aromatic heterocycles. The third kappa shape index (κ3) is 4.16. The van der Waals surface area contributed by atoms with Crippen LogP contribution in [-0.2, 0) is 6.54 Å². The molecule has 146 valence electrons. The molecule has 2 N–H and O–H groups in total. The summed E-state index contributed by atoms with van der Waals surface area (Å²) in [7, 11) is 0. The minimum absolute atomic E-state index is 0.898. The quantitative estimate of drug-likeness (QED) is 0.738. The molecule has 1 saturated heterocycles. The highest BCUT2D eigenvalue weighted by Gasteiger charge is 2.38. The maximum Gasteiger partial charge on any atom is 0.127 e. The van der Waals surface area contributed by atoms with E-state index in [9.17, 15) is 0 Å². The molecular weight excluding hydrogens is 344 g/mol. The highest BCUT2D eigenvalue weighted by atomic mass is 16.5. The van der Waals surface area contributed by atoms with Crippen LogP contribution in [0.1, 0.15) is 18.4 Å². The molecular formula is C25H32N2O+2. The van der Waals surface area contributed by atoms with Crippen molar-refractivity contribution in [1.29, 1.82) is 0 Å². The standard InChI is InChI=1S/C25H30N2O/c1-2-6-24(7-3-1)28-25-8-4-5-21(17-25)18-26-11-13-27(14-12-26)19-23-16-20-9-10-22(23)15-20/h1-10,17,20,22-23H,11-16,18-19H2/p+2/t20-,22-,23+/m0/s1. The van der Waals surface area contributed by atoms with Crippen LogP contribution in [0.5, 0.6) is 11.5 Å². The van der Waals surface area contributed by atoms with Crippen LogP contribution in [0.3, 0.4) is 0 Å². The maximum absolute atomic E-state index is 6.00. The van der Waals surface area contributed by atoms with E-state index in [4.69, 9.17) is 4.74 Å². The number of allylic oxidation sites excluding steroid dienone is 2. The van der Waals surface area contributed by atoms with Gasteiger partial charge in [0.15, 0.2) is 0 Å². The van der Waals surface area contributed by atoms with Crippen LogP contribution in [0.25, 0.3) is 0 Å². The average Bonchev–Trinajstić information content (AvgIpc) is 3.34. The van der Waals surface area contributed by atoms with Crippen molar-refractivity contribution in [2.75, 3.05) is 32.7 Å². The number of rotatable bonds is 6. The molecule has 2 fully saturated rings. The highest BCUT2D eigenvalue weighted by Crippen LogP contribution is 2.42. The van der Waals surface area contributed by atoms with Gasteiger partial charge in [-0.1, -0.05) is 42.5 Å². The number of quaternary nitrogens is 2. The van der Waals surface area contributed by atoms with Gasteiger partial charge in [-0.2, -0.15) is 0 Å². The van der Waals surface area contributed by atoms with E-state index in [1.165, 1.54) is 51.1 Å². The van der Waals surface area contributed by atoms with Crippen molar-refractivity contribution in [1.82, 2.24) is 0 Å². The van der Waals surface area contributed by atoms with E-state index in [0.29, 0.717) is 0 Å². The summed E-state index contributed by atoms with van der Waals surface area (Å²) in [6.07, 6.45) is 7.87. The van der Waals surface area contributed by atoms with Crippen LogP contribution < -0.4 is 14.5 Å². The van der Waals surface area contributed by atoms with Crippen LogP contribution in [0.15, 0.2) is 66.7 Å². The summed E-state index contributed by atoms with van der Waals surface area (Å²) in [5, 5.41) is 0. The molecule has 28 heavy (non-hydrogen) atoms. The molecule has 5 rings (SSSR count). The van der Waals surface area contributed by atoms with Gasteiger partial charge in [0.05, 0.1) is 6.54 Å². The molecule has 2 bridgehead atoms. The normalized spacial score (nSPS) is 31.2. The average molecular weight is 377 g/mol. The van der Waals surface area contributed by atoms with Gasteiger partial charge < -0.3 is 14.5 Å². The van der Waals surface area contributed by atoms with E-state index in [0.717, 1.165) is 35.8 Å². The monoisotopic (exact) mass is 376 g/mol. The lowest BCUT2D eigenvalue weighted by atomic mass is 9.93. The number of ether oxygens (including phenoxy) is 1. The van der Waals surface area contributed by atoms with Crippen molar-refractivity contribution >= 4 is 0 Å². The number of nitrogens with one attached hydrogen (secondary N) is 2. The van der Waals surface area contributed by atoms with Gasteiger partial charge in [-0.15, -0.1) is 0 Å². The van der Waals surface area contributed by atoms with Crippen molar-refractivity contribution in [3.63, 3.8) is 0 Å². The second kappa shape index (κ2) is 8.10. The summed E-state index contributed by atoms with van der Waals surface area (Å²) in [4.78, 5) is 3.56. The van der Waals surface area contributed by atoms with Crippen molar-refractivity contribution in [3.05, 3.63) is 72.3 Å². The molecule has 0 spiro atoms. The van der Waals surface area contributed by atoms with Crippen molar-refractivity contribution < 1.29 is 14.5 Å². The molecule has 0 radical (unpaired) electrons. The molecule has 2 aliphatic carbocycles. The smallest absolute Gasteiger partial charge is 0.127 e. The van der Waals surface area contributed by atoms with Crippen LogP contribution in [0, 0.1) is 17.8 Å². The minimum atomic E-state index is 0.898. The first kappa shape index (κ1) is 18.0. The zero-order valence-corrected chi connectivity index (χ0v) is 16.6. The SMILES string of the molecule is C1=C[C@H]2C[C@H]1C[C@@H]2C[NH+]1CC[NH+](Cc2cccc(Oc3ccccc3)c2)CC1. The summed E-state index contributed by atoms with van der Waals surface area (Å²) in [5.74, 6) is 4.61. The van der Waals surface area contributed by atoms with Crippen molar-refractivity contribution in [2.45, 2.75) is 19.4 Å². The zero-order valence-electron chi connectivity index (χ0n) is 16.6.